The number of amides is 1. The van der Waals surface area contributed by atoms with Crippen LogP contribution in [0.1, 0.15) is 20.3 Å². The average Bonchev–Trinajstić information content (AvgIpc) is 2.20. The van der Waals surface area contributed by atoms with Gasteiger partial charge in [-0.25, -0.2) is 4.79 Å². The van der Waals surface area contributed by atoms with Crippen LogP contribution in [-0.2, 0) is 14.3 Å². The Morgan fingerprint density at radius 2 is 2.19 bits per heavy atom. The molecule has 0 aromatic heterocycles. The fourth-order valence-corrected chi connectivity index (χ4v) is 1.98. The first-order valence-corrected chi connectivity index (χ1v) is 6.38. The van der Waals surface area contributed by atoms with Crippen LogP contribution >= 0.6 is 11.8 Å². The molecule has 0 aliphatic carbocycles. The van der Waals surface area contributed by atoms with E-state index in [1.807, 2.05) is 6.92 Å². The number of carboxylic acid groups (broad SMARTS) is 1. The lowest BCUT2D eigenvalue weighted by Gasteiger charge is -2.12. The maximum Gasteiger partial charge on any atom is 0.327 e. The van der Waals surface area contributed by atoms with Crippen LogP contribution in [0.15, 0.2) is 0 Å². The standard InChI is InChI=1S/C10H19NO4S/c1-3-15-5-4-6-16-7-9(10(13)14)11-8(2)12/h9H,3-7H2,1-2H3,(H,11,12)(H,13,14)/t9-/m0/s1. The molecular formula is C10H19NO4S. The van der Waals surface area contributed by atoms with Crippen molar-refractivity contribution in [3.8, 4) is 0 Å². The van der Waals surface area contributed by atoms with Gasteiger partial charge in [0.05, 0.1) is 0 Å². The number of rotatable bonds is 9. The highest BCUT2D eigenvalue weighted by atomic mass is 32.2. The van der Waals surface area contributed by atoms with E-state index in [4.69, 9.17) is 9.84 Å². The third kappa shape index (κ3) is 8.55. The predicted octanol–water partition coefficient (Wildman–Crippen LogP) is 0.736. The van der Waals surface area contributed by atoms with Gasteiger partial charge < -0.3 is 15.2 Å². The number of nitrogens with one attached hydrogen (secondary N) is 1. The summed E-state index contributed by atoms with van der Waals surface area (Å²) in [6, 6.07) is -0.797. The molecule has 0 saturated carbocycles. The summed E-state index contributed by atoms with van der Waals surface area (Å²) in [4.78, 5) is 21.5. The number of hydrogen-bond donors (Lipinski definition) is 2. The minimum Gasteiger partial charge on any atom is -0.480 e. The van der Waals surface area contributed by atoms with Crippen LogP contribution in [0.2, 0.25) is 0 Å². The normalized spacial score (nSPS) is 12.1. The first-order valence-electron chi connectivity index (χ1n) is 5.23. The van der Waals surface area contributed by atoms with Gasteiger partial charge >= 0.3 is 5.97 Å². The molecule has 0 saturated heterocycles. The second kappa shape index (κ2) is 9.47. The number of thioether (sulfide) groups is 1. The van der Waals surface area contributed by atoms with Crippen LogP contribution in [0, 0.1) is 0 Å². The fourth-order valence-electron chi connectivity index (χ4n) is 1.03. The molecule has 0 aliphatic heterocycles. The van der Waals surface area contributed by atoms with E-state index in [1.54, 1.807) is 0 Å². The molecule has 0 bridgehead atoms. The van der Waals surface area contributed by atoms with Crippen LogP contribution < -0.4 is 5.32 Å². The van der Waals surface area contributed by atoms with Crippen molar-refractivity contribution in [1.29, 1.82) is 0 Å². The maximum atomic E-state index is 10.7. The Labute approximate surface area is 99.9 Å². The molecule has 5 nitrogen and oxygen atoms in total. The van der Waals surface area contributed by atoms with E-state index < -0.39 is 12.0 Å². The predicted molar refractivity (Wildman–Crippen MR) is 63.7 cm³/mol. The van der Waals surface area contributed by atoms with Gasteiger partial charge in [0.2, 0.25) is 5.91 Å². The molecule has 0 unspecified atom stereocenters. The summed E-state index contributed by atoms with van der Waals surface area (Å²) in [6.07, 6.45) is 0.894. The van der Waals surface area contributed by atoms with Gasteiger partial charge in [0, 0.05) is 25.9 Å². The van der Waals surface area contributed by atoms with Crippen molar-refractivity contribution in [2.45, 2.75) is 26.3 Å². The SMILES string of the molecule is CCOCCCSC[C@H](NC(C)=O)C(=O)O. The molecule has 6 heteroatoms. The van der Waals surface area contributed by atoms with Crippen molar-refractivity contribution in [3.05, 3.63) is 0 Å². The van der Waals surface area contributed by atoms with Gasteiger partial charge in [-0.15, -0.1) is 0 Å². The van der Waals surface area contributed by atoms with Crippen molar-refractivity contribution in [1.82, 2.24) is 5.32 Å². The smallest absolute Gasteiger partial charge is 0.327 e. The van der Waals surface area contributed by atoms with Gasteiger partial charge in [0.25, 0.3) is 0 Å². The van der Waals surface area contributed by atoms with E-state index in [9.17, 15) is 9.59 Å². The summed E-state index contributed by atoms with van der Waals surface area (Å²) in [5.74, 6) is -0.0838. The number of hydrogen-bond acceptors (Lipinski definition) is 4. The molecule has 0 aromatic carbocycles. The Balaban J connectivity index is 3.60. The Kier molecular flexibility index (Phi) is 9.03. The van der Waals surface area contributed by atoms with Crippen LogP contribution in [0.4, 0.5) is 0 Å². The maximum absolute atomic E-state index is 10.7. The second-order valence-corrected chi connectivity index (χ2v) is 4.37. The number of carboxylic acids is 1. The topological polar surface area (TPSA) is 75.6 Å². The van der Waals surface area contributed by atoms with Gasteiger partial charge in [-0.3, -0.25) is 4.79 Å². The van der Waals surface area contributed by atoms with Gasteiger partial charge in [-0.05, 0) is 19.1 Å². The molecule has 0 radical (unpaired) electrons. The summed E-state index contributed by atoms with van der Waals surface area (Å²) in [5, 5.41) is 11.2. The molecule has 1 atom stereocenters. The summed E-state index contributed by atoms with van der Waals surface area (Å²) in [6.45, 7) is 4.65. The zero-order valence-corrected chi connectivity index (χ0v) is 10.5. The molecule has 0 aliphatic rings. The van der Waals surface area contributed by atoms with Gasteiger partial charge in [-0.2, -0.15) is 11.8 Å². The van der Waals surface area contributed by atoms with Gasteiger partial charge in [-0.1, -0.05) is 0 Å². The third-order valence-corrected chi connectivity index (χ3v) is 2.89. The Bertz CT molecular complexity index is 223. The summed E-state index contributed by atoms with van der Waals surface area (Å²) in [7, 11) is 0. The molecule has 2 N–H and O–H groups in total. The Morgan fingerprint density at radius 1 is 1.50 bits per heavy atom. The zero-order chi connectivity index (χ0) is 12.4. The molecule has 1 amide bonds. The molecule has 16 heavy (non-hydrogen) atoms. The minimum absolute atomic E-state index is 0.317. The van der Waals surface area contributed by atoms with E-state index in [0.29, 0.717) is 19.0 Å². The van der Waals surface area contributed by atoms with E-state index in [1.165, 1.54) is 18.7 Å². The van der Waals surface area contributed by atoms with E-state index in [2.05, 4.69) is 5.32 Å². The van der Waals surface area contributed by atoms with E-state index in [0.717, 1.165) is 12.2 Å². The zero-order valence-electron chi connectivity index (χ0n) is 9.69. The number of carbonyl (C=O) groups excluding carboxylic acids is 1. The van der Waals surface area contributed by atoms with Crippen LogP contribution in [0.3, 0.4) is 0 Å². The molecular weight excluding hydrogens is 230 g/mol. The molecule has 0 spiro atoms. The van der Waals surface area contributed by atoms with Crippen molar-refractivity contribution < 1.29 is 19.4 Å². The summed E-state index contributed by atoms with van der Waals surface area (Å²) in [5.41, 5.74) is 0. The summed E-state index contributed by atoms with van der Waals surface area (Å²) < 4.78 is 5.15. The minimum atomic E-state index is -0.993. The van der Waals surface area contributed by atoms with Crippen molar-refractivity contribution in [2.75, 3.05) is 24.7 Å². The lowest BCUT2D eigenvalue weighted by molar-refractivity contribution is -0.140. The number of carbonyl (C=O) groups is 2. The lowest BCUT2D eigenvalue weighted by atomic mass is 10.3. The van der Waals surface area contributed by atoms with Crippen molar-refractivity contribution in [2.24, 2.45) is 0 Å². The van der Waals surface area contributed by atoms with Crippen LogP contribution in [0.25, 0.3) is 0 Å². The molecule has 94 valence electrons. The molecule has 0 heterocycles. The second-order valence-electron chi connectivity index (χ2n) is 3.22. The number of ether oxygens (including phenoxy) is 1. The van der Waals surface area contributed by atoms with Crippen molar-refractivity contribution in [3.63, 3.8) is 0 Å². The van der Waals surface area contributed by atoms with E-state index in [-0.39, 0.29) is 5.91 Å². The lowest BCUT2D eigenvalue weighted by Crippen LogP contribution is -2.41. The summed E-state index contributed by atoms with van der Waals surface area (Å²) >= 11 is 1.51. The van der Waals surface area contributed by atoms with Crippen LogP contribution in [-0.4, -0.2) is 47.7 Å². The quantitative estimate of drug-likeness (QED) is 0.589. The molecule has 0 aromatic rings. The average molecular weight is 249 g/mol. The van der Waals surface area contributed by atoms with E-state index >= 15 is 0 Å². The molecule has 0 fully saturated rings. The molecule has 0 rings (SSSR count). The number of aliphatic carboxylic acids is 1. The van der Waals surface area contributed by atoms with Crippen LogP contribution in [0.5, 0.6) is 0 Å². The van der Waals surface area contributed by atoms with Gasteiger partial charge in [0.1, 0.15) is 6.04 Å². The highest BCUT2D eigenvalue weighted by molar-refractivity contribution is 7.99. The van der Waals surface area contributed by atoms with Gasteiger partial charge in [0.15, 0.2) is 0 Å². The highest BCUT2D eigenvalue weighted by Crippen LogP contribution is 2.05. The Morgan fingerprint density at radius 3 is 2.69 bits per heavy atom. The first-order chi connectivity index (χ1) is 7.57. The third-order valence-electron chi connectivity index (χ3n) is 1.74. The first kappa shape index (κ1) is 15.2. The fraction of sp³-hybridized carbons (Fsp3) is 0.800. The van der Waals surface area contributed by atoms with Crippen molar-refractivity contribution >= 4 is 23.6 Å². The monoisotopic (exact) mass is 249 g/mol. The largest absolute Gasteiger partial charge is 0.480 e. The Hall–Kier alpha value is -0.750. The highest BCUT2D eigenvalue weighted by Gasteiger charge is 2.17.